The molecule has 4 aromatic rings. The number of hydrogen-bond donors (Lipinski definition) is 0. The summed E-state index contributed by atoms with van der Waals surface area (Å²) >= 11 is 0. The Kier molecular flexibility index (Phi) is 2.50. The van der Waals surface area contributed by atoms with Crippen LogP contribution in [0.4, 0.5) is 5.69 Å². The summed E-state index contributed by atoms with van der Waals surface area (Å²) in [6.45, 7) is 8.87. The molecule has 0 aliphatic rings. The van der Waals surface area contributed by atoms with Gasteiger partial charge < -0.3 is 4.42 Å². The lowest BCUT2D eigenvalue weighted by molar-refractivity contribution is -0.660. The second-order valence-electron chi connectivity index (χ2n) is 6.29. The van der Waals surface area contributed by atoms with Crippen LogP contribution in [0.15, 0.2) is 47.0 Å². The zero-order valence-electron chi connectivity index (χ0n) is 18.3. The number of benzene rings is 2. The largest absolute Gasteiger partial charge is 0.456 e. The maximum absolute atomic E-state index is 8.35. The number of rotatable bonds is 1. The Balaban J connectivity index is 2.09. The Bertz CT molecular complexity index is 1340. The lowest BCUT2D eigenvalue weighted by Gasteiger charge is -2.06. The van der Waals surface area contributed by atoms with Crippen LogP contribution in [0.5, 0.6) is 0 Å². The van der Waals surface area contributed by atoms with Crippen LogP contribution < -0.4 is 4.57 Å². The van der Waals surface area contributed by atoms with Crippen LogP contribution in [0.1, 0.15) is 22.2 Å². The topological polar surface area (TPSA) is 21.4 Å². The van der Waals surface area contributed by atoms with E-state index in [1.807, 2.05) is 32.0 Å². The molecule has 0 saturated carbocycles. The monoisotopic (exact) mass is 331 g/mol. The maximum Gasteiger partial charge on any atom is 0.216 e. The smallest absolute Gasteiger partial charge is 0.216 e. The van der Waals surface area contributed by atoms with E-state index in [1.54, 1.807) is 23.7 Å². The molecule has 0 amide bonds. The van der Waals surface area contributed by atoms with E-state index in [-0.39, 0.29) is 11.7 Å². The van der Waals surface area contributed by atoms with Gasteiger partial charge in [-0.2, -0.15) is 0 Å². The second-order valence-corrected chi connectivity index (χ2v) is 6.29. The fourth-order valence-electron chi connectivity index (χ4n) is 3.44. The number of fused-ring (bicyclic) bond motifs is 3. The van der Waals surface area contributed by atoms with Crippen LogP contribution in [0, 0.1) is 27.3 Å². The van der Waals surface area contributed by atoms with E-state index in [0.29, 0.717) is 22.5 Å². The summed E-state index contributed by atoms with van der Waals surface area (Å²) in [5, 5.41) is 1.89. The lowest BCUT2D eigenvalue weighted by Crippen LogP contribution is -2.31. The summed E-state index contributed by atoms with van der Waals surface area (Å²) in [6, 6.07) is 10.8. The van der Waals surface area contributed by atoms with Crippen molar-refractivity contribution in [3.63, 3.8) is 0 Å². The first-order valence-corrected chi connectivity index (χ1v) is 7.98. The van der Waals surface area contributed by atoms with Gasteiger partial charge in [0, 0.05) is 26.5 Å². The fourth-order valence-corrected chi connectivity index (χ4v) is 3.44. The molecule has 0 N–H and O–H groups in total. The van der Waals surface area contributed by atoms with E-state index < -0.39 is 6.85 Å². The minimum Gasteiger partial charge on any atom is -0.456 e. The molecule has 2 heterocycles. The van der Waals surface area contributed by atoms with Crippen LogP contribution in [0.25, 0.3) is 38.0 Å². The van der Waals surface area contributed by atoms with Gasteiger partial charge in [0.25, 0.3) is 0 Å². The third-order valence-corrected chi connectivity index (χ3v) is 4.57. The van der Waals surface area contributed by atoms with Crippen molar-refractivity contribution in [2.24, 2.45) is 7.05 Å². The van der Waals surface area contributed by atoms with E-state index in [1.165, 1.54) is 6.07 Å². The van der Waals surface area contributed by atoms with Gasteiger partial charge in [0.1, 0.15) is 19.6 Å². The van der Waals surface area contributed by atoms with Crippen molar-refractivity contribution in [2.45, 2.75) is 20.7 Å². The molecule has 2 aromatic carbocycles. The van der Waals surface area contributed by atoms with E-state index in [0.717, 1.165) is 27.5 Å². The van der Waals surface area contributed by atoms with Gasteiger partial charge in [-0.3, -0.25) is 0 Å². The van der Waals surface area contributed by atoms with E-state index >= 15 is 0 Å². The van der Waals surface area contributed by atoms with Gasteiger partial charge in [0.05, 0.1) is 12.1 Å². The summed E-state index contributed by atoms with van der Waals surface area (Å²) in [5.74, 6) is 0. The fraction of sp³-hybridized carbons (Fsp3) is 0.182. The summed E-state index contributed by atoms with van der Waals surface area (Å²) in [5.41, 5.74) is 5.28. The van der Waals surface area contributed by atoms with Gasteiger partial charge in [0.2, 0.25) is 5.69 Å². The van der Waals surface area contributed by atoms with Crippen LogP contribution in [0.3, 0.4) is 0 Å². The summed E-state index contributed by atoms with van der Waals surface area (Å²) < 4.78 is 39.1. The average Bonchev–Trinajstić information content (AvgIpc) is 3.02. The molecule has 0 bridgehead atoms. The quantitative estimate of drug-likeness (QED) is 0.331. The Hall–Kier alpha value is -3.12. The van der Waals surface area contributed by atoms with Crippen LogP contribution >= 0.6 is 0 Å². The first kappa shape index (κ1) is 11.4. The van der Waals surface area contributed by atoms with Gasteiger partial charge in [-0.25, -0.2) is 9.41 Å². The minimum absolute atomic E-state index is 0.00993. The molecule has 0 atom stereocenters. The highest BCUT2D eigenvalue weighted by Gasteiger charge is 2.21. The Labute approximate surface area is 152 Å². The predicted octanol–water partition coefficient (Wildman–Crippen LogP) is 5.55. The summed E-state index contributed by atoms with van der Waals surface area (Å²) in [7, 11) is 1.69. The highest BCUT2D eigenvalue weighted by atomic mass is 16.3. The van der Waals surface area contributed by atoms with Crippen LogP contribution in [0.2, 0.25) is 0 Å². The summed E-state index contributed by atoms with van der Waals surface area (Å²) in [4.78, 5) is 3.52. The minimum atomic E-state index is -2.35. The molecule has 4 rings (SSSR count). The molecular weight excluding hydrogens is 308 g/mol. The molecule has 3 nitrogen and oxygen atoms in total. The summed E-state index contributed by atoms with van der Waals surface area (Å²) in [6.07, 6.45) is -0.0542. The molecule has 0 fully saturated rings. The van der Waals surface area contributed by atoms with E-state index in [9.17, 15) is 0 Å². The van der Waals surface area contributed by atoms with Gasteiger partial charge in [0.15, 0.2) is 11.9 Å². The van der Waals surface area contributed by atoms with Crippen molar-refractivity contribution < 1.29 is 14.5 Å². The van der Waals surface area contributed by atoms with Crippen molar-refractivity contribution in [3.05, 3.63) is 70.7 Å². The standard InChI is InChI=1S/C22H19N2O/c1-13-6-9-18(24(5)12-13)21-14(2)7-8-17-20-15(3)10-16(23-4)11-19(20)25-22(17)21/h6-12H,1-3,5H3/q+1/i1D3,12D. The zero-order chi connectivity index (χ0) is 21.1. The van der Waals surface area contributed by atoms with Gasteiger partial charge in [-0.15, -0.1) is 0 Å². The molecule has 0 radical (unpaired) electrons. The van der Waals surface area contributed by atoms with Gasteiger partial charge >= 0.3 is 0 Å². The highest BCUT2D eigenvalue weighted by molar-refractivity contribution is 6.11. The Morgan fingerprint density at radius 3 is 2.76 bits per heavy atom. The molecule has 0 aliphatic heterocycles. The molecule has 0 spiro atoms. The second kappa shape index (κ2) is 5.46. The number of nitrogens with zero attached hydrogens (tertiary/aromatic N) is 2. The average molecular weight is 331 g/mol. The van der Waals surface area contributed by atoms with Crippen molar-refractivity contribution in [1.82, 2.24) is 0 Å². The van der Waals surface area contributed by atoms with Gasteiger partial charge in [-0.1, -0.05) is 18.2 Å². The normalized spacial score (nSPS) is 14.0. The Morgan fingerprint density at radius 2 is 2.00 bits per heavy atom. The molecule has 0 aliphatic carbocycles. The van der Waals surface area contributed by atoms with Gasteiger partial charge in [-0.05, 0) is 44.0 Å². The molecule has 3 heteroatoms. The van der Waals surface area contributed by atoms with Crippen LogP contribution in [-0.2, 0) is 7.05 Å². The van der Waals surface area contributed by atoms with Crippen molar-refractivity contribution in [3.8, 4) is 11.3 Å². The van der Waals surface area contributed by atoms with Crippen molar-refractivity contribution in [2.75, 3.05) is 0 Å². The molecule has 0 saturated heterocycles. The zero-order valence-corrected chi connectivity index (χ0v) is 14.3. The molecule has 2 aromatic heterocycles. The number of aromatic nitrogens is 1. The SMILES string of the molecule is [2H]c1c(C([2H])([2H])[2H])ccc(-c2c(C)ccc3c2oc2cc([N+]#[C-])cc(C)c23)[n+]1C. The molecule has 0 unspecified atom stereocenters. The van der Waals surface area contributed by atoms with Crippen LogP contribution in [-0.4, -0.2) is 0 Å². The van der Waals surface area contributed by atoms with Crippen molar-refractivity contribution >= 4 is 27.6 Å². The molecule has 122 valence electrons. The number of furan rings is 1. The third-order valence-electron chi connectivity index (χ3n) is 4.57. The van der Waals surface area contributed by atoms with E-state index in [4.69, 9.17) is 16.5 Å². The third kappa shape index (κ3) is 2.30. The highest BCUT2D eigenvalue weighted by Crippen LogP contribution is 2.39. The first-order chi connectivity index (χ1) is 13.6. The molecular formula is C22H19N2O+. The van der Waals surface area contributed by atoms with Crippen molar-refractivity contribution in [1.29, 1.82) is 0 Å². The number of pyridine rings is 1. The number of aryl methyl sites for hydroxylation is 3. The molecule has 25 heavy (non-hydrogen) atoms. The Morgan fingerprint density at radius 1 is 1.16 bits per heavy atom. The lowest BCUT2D eigenvalue weighted by atomic mass is 9.99. The van der Waals surface area contributed by atoms with E-state index in [2.05, 4.69) is 4.85 Å². The first-order valence-electron chi connectivity index (χ1n) is 9.98. The number of hydrogen-bond acceptors (Lipinski definition) is 1. The predicted molar refractivity (Wildman–Crippen MR) is 101 cm³/mol. The maximum atomic E-state index is 8.35.